The number of carbonyl (C=O) groups excluding carboxylic acids is 1. The molecule has 4 nitrogen and oxygen atoms in total. The molecule has 0 radical (unpaired) electrons. The SMILES string of the molecule is CCC1(C(=O)NCCOC2CCCC2)CCCN1. The first-order chi connectivity index (χ1) is 8.77. The molecule has 0 aromatic carbocycles. The Bertz CT molecular complexity index is 269. The Morgan fingerprint density at radius 3 is 2.78 bits per heavy atom. The van der Waals surface area contributed by atoms with Crippen molar-refractivity contribution in [3.8, 4) is 0 Å². The fourth-order valence-electron chi connectivity index (χ4n) is 3.08. The summed E-state index contributed by atoms with van der Waals surface area (Å²) in [7, 11) is 0. The smallest absolute Gasteiger partial charge is 0.240 e. The van der Waals surface area contributed by atoms with Crippen LogP contribution in [0.5, 0.6) is 0 Å². The summed E-state index contributed by atoms with van der Waals surface area (Å²) in [6, 6.07) is 0. The van der Waals surface area contributed by atoms with Crippen molar-refractivity contribution in [2.75, 3.05) is 19.7 Å². The molecule has 0 aromatic heterocycles. The van der Waals surface area contributed by atoms with Crippen molar-refractivity contribution in [1.82, 2.24) is 10.6 Å². The molecule has 1 saturated carbocycles. The molecular formula is C14H26N2O2. The molecule has 1 atom stereocenters. The number of carbonyl (C=O) groups is 1. The van der Waals surface area contributed by atoms with E-state index >= 15 is 0 Å². The van der Waals surface area contributed by atoms with Gasteiger partial charge in [0.15, 0.2) is 0 Å². The van der Waals surface area contributed by atoms with Crippen LogP contribution in [-0.2, 0) is 9.53 Å². The maximum Gasteiger partial charge on any atom is 0.240 e. The Morgan fingerprint density at radius 1 is 1.39 bits per heavy atom. The normalized spacial score (nSPS) is 28.7. The van der Waals surface area contributed by atoms with Gasteiger partial charge in [-0.1, -0.05) is 19.8 Å². The van der Waals surface area contributed by atoms with Gasteiger partial charge >= 0.3 is 0 Å². The summed E-state index contributed by atoms with van der Waals surface area (Å²) in [5.41, 5.74) is -0.312. The Hall–Kier alpha value is -0.610. The van der Waals surface area contributed by atoms with Crippen molar-refractivity contribution >= 4 is 5.91 Å². The van der Waals surface area contributed by atoms with Gasteiger partial charge in [-0.15, -0.1) is 0 Å². The molecule has 1 aliphatic carbocycles. The Morgan fingerprint density at radius 2 is 2.17 bits per heavy atom. The highest BCUT2D eigenvalue weighted by Gasteiger charge is 2.38. The summed E-state index contributed by atoms with van der Waals surface area (Å²) >= 11 is 0. The molecular weight excluding hydrogens is 228 g/mol. The van der Waals surface area contributed by atoms with Crippen molar-refractivity contribution in [3.05, 3.63) is 0 Å². The standard InChI is InChI=1S/C14H26N2O2/c1-2-14(8-5-9-16-14)13(17)15-10-11-18-12-6-3-4-7-12/h12,16H,2-11H2,1H3,(H,15,17). The third-order valence-corrected chi connectivity index (χ3v) is 4.33. The minimum Gasteiger partial charge on any atom is -0.376 e. The van der Waals surface area contributed by atoms with E-state index in [1.807, 2.05) is 0 Å². The minimum absolute atomic E-state index is 0.150. The molecule has 0 bridgehead atoms. The lowest BCUT2D eigenvalue weighted by Crippen LogP contribution is -2.53. The molecule has 1 heterocycles. The second kappa shape index (κ2) is 6.53. The average Bonchev–Trinajstić information content (AvgIpc) is 3.05. The number of nitrogens with one attached hydrogen (secondary N) is 2. The number of amides is 1. The zero-order valence-electron chi connectivity index (χ0n) is 11.5. The summed E-state index contributed by atoms with van der Waals surface area (Å²) in [6.07, 6.45) is 8.32. The molecule has 1 amide bonds. The van der Waals surface area contributed by atoms with Gasteiger partial charge in [0, 0.05) is 6.54 Å². The Balaban J connectivity index is 1.64. The lowest BCUT2D eigenvalue weighted by molar-refractivity contribution is -0.127. The van der Waals surface area contributed by atoms with Crippen LogP contribution in [0.4, 0.5) is 0 Å². The van der Waals surface area contributed by atoms with Gasteiger partial charge in [-0.3, -0.25) is 4.79 Å². The number of hydrogen-bond acceptors (Lipinski definition) is 3. The van der Waals surface area contributed by atoms with Crippen LogP contribution in [0.3, 0.4) is 0 Å². The summed E-state index contributed by atoms with van der Waals surface area (Å²) in [4.78, 5) is 12.2. The molecule has 1 unspecified atom stereocenters. The second-order valence-corrected chi connectivity index (χ2v) is 5.50. The first-order valence-corrected chi connectivity index (χ1v) is 7.42. The van der Waals surface area contributed by atoms with E-state index in [1.165, 1.54) is 25.7 Å². The van der Waals surface area contributed by atoms with Gasteiger partial charge in [-0.2, -0.15) is 0 Å². The largest absolute Gasteiger partial charge is 0.376 e. The van der Waals surface area contributed by atoms with E-state index in [-0.39, 0.29) is 11.4 Å². The summed E-state index contributed by atoms with van der Waals surface area (Å²) < 4.78 is 5.75. The van der Waals surface area contributed by atoms with Gasteiger partial charge in [0.05, 0.1) is 18.2 Å². The van der Waals surface area contributed by atoms with Crippen molar-refractivity contribution in [1.29, 1.82) is 0 Å². The van der Waals surface area contributed by atoms with Crippen molar-refractivity contribution in [2.24, 2.45) is 0 Å². The molecule has 104 valence electrons. The van der Waals surface area contributed by atoms with Gasteiger partial charge in [0.25, 0.3) is 0 Å². The summed E-state index contributed by atoms with van der Waals surface area (Å²) in [5.74, 6) is 0.150. The van der Waals surface area contributed by atoms with Crippen LogP contribution in [0.25, 0.3) is 0 Å². The van der Waals surface area contributed by atoms with Gasteiger partial charge in [0.1, 0.15) is 0 Å². The molecule has 2 N–H and O–H groups in total. The molecule has 2 fully saturated rings. The van der Waals surface area contributed by atoms with Crippen LogP contribution in [0.15, 0.2) is 0 Å². The lowest BCUT2D eigenvalue weighted by atomic mass is 9.93. The molecule has 0 spiro atoms. The predicted molar refractivity (Wildman–Crippen MR) is 71.5 cm³/mol. The van der Waals surface area contributed by atoms with Gasteiger partial charge in [0.2, 0.25) is 5.91 Å². The fraction of sp³-hybridized carbons (Fsp3) is 0.929. The van der Waals surface area contributed by atoms with E-state index in [2.05, 4.69) is 17.6 Å². The average molecular weight is 254 g/mol. The zero-order chi connectivity index (χ0) is 12.8. The van der Waals surface area contributed by atoms with Crippen molar-refractivity contribution < 1.29 is 9.53 Å². The Kier molecular flexibility index (Phi) is 5.01. The van der Waals surface area contributed by atoms with Crippen molar-refractivity contribution in [2.45, 2.75) is 63.5 Å². The topological polar surface area (TPSA) is 50.4 Å². The summed E-state index contributed by atoms with van der Waals surface area (Å²) in [5, 5.41) is 6.36. The summed E-state index contributed by atoms with van der Waals surface area (Å²) in [6.45, 7) is 4.32. The van der Waals surface area contributed by atoms with Crippen molar-refractivity contribution in [3.63, 3.8) is 0 Å². The van der Waals surface area contributed by atoms with E-state index in [1.54, 1.807) is 0 Å². The van der Waals surface area contributed by atoms with Gasteiger partial charge < -0.3 is 15.4 Å². The molecule has 2 aliphatic rings. The number of rotatable bonds is 6. The van der Waals surface area contributed by atoms with Crippen LogP contribution in [0.1, 0.15) is 51.9 Å². The van der Waals surface area contributed by atoms with E-state index in [9.17, 15) is 4.79 Å². The van der Waals surface area contributed by atoms with E-state index in [0.717, 1.165) is 25.8 Å². The second-order valence-electron chi connectivity index (χ2n) is 5.50. The molecule has 18 heavy (non-hydrogen) atoms. The van der Waals surface area contributed by atoms with E-state index in [4.69, 9.17) is 4.74 Å². The first-order valence-electron chi connectivity index (χ1n) is 7.42. The molecule has 0 aromatic rings. The minimum atomic E-state index is -0.312. The fourth-order valence-corrected chi connectivity index (χ4v) is 3.08. The number of hydrogen-bond donors (Lipinski definition) is 2. The first kappa shape index (κ1) is 13.8. The zero-order valence-corrected chi connectivity index (χ0v) is 11.5. The third kappa shape index (κ3) is 3.23. The van der Waals surface area contributed by atoms with Crippen LogP contribution in [0, 0.1) is 0 Å². The van der Waals surface area contributed by atoms with Gasteiger partial charge in [-0.05, 0) is 38.6 Å². The molecule has 1 aliphatic heterocycles. The maximum absolute atomic E-state index is 12.2. The monoisotopic (exact) mass is 254 g/mol. The predicted octanol–water partition coefficient (Wildman–Crippen LogP) is 1.59. The van der Waals surface area contributed by atoms with Gasteiger partial charge in [-0.25, -0.2) is 0 Å². The Labute approximate surface area is 110 Å². The van der Waals surface area contributed by atoms with E-state index < -0.39 is 0 Å². The highest BCUT2D eigenvalue weighted by Crippen LogP contribution is 2.23. The highest BCUT2D eigenvalue weighted by molar-refractivity contribution is 5.86. The van der Waals surface area contributed by atoms with Crippen LogP contribution in [-0.4, -0.2) is 37.2 Å². The molecule has 4 heteroatoms. The quantitative estimate of drug-likeness (QED) is 0.708. The van der Waals surface area contributed by atoms with Crippen LogP contribution < -0.4 is 10.6 Å². The van der Waals surface area contributed by atoms with Crippen LogP contribution in [0.2, 0.25) is 0 Å². The third-order valence-electron chi connectivity index (χ3n) is 4.33. The molecule has 2 rings (SSSR count). The molecule has 1 saturated heterocycles. The number of ether oxygens (including phenoxy) is 1. The van der Waals surface area contributed by atoms with Crippen LogP contribution >= 0.6 is 0 Å². The highest BCUT2D eigenvalue weighted by atomic mass is 16.5. The maximum atomic E-state index is 12.2. The van der Waals surface area contributed by atoms with E-state index in [0.29, 0.717) is 19.3 Å². The lowest BCUT2D eigenvalue weighted by Gasteiger charge is -2.26.